The van der Waals surface area contributed by atoms with E-state index in [-0.39, 0.29) is 12.1 Å². The highest BCUT2D eigenvalue weighted by Crippen LogP contribution is 2.38. The average Bonchev–Trinajstić information content (AvgIpc) is 3.08. The van der Waals surface area contributed by atoms with Crippen LogP contribution in [0.15, 0.2) is 72.8 Å². The van der Waals surface area contributed by atoms with E-state index in [4.69, 9.17) is 23.2 Å². The van der Waals surface area contributed by atoms with Gasteiger partial charge >= 0.3 is 6.03 Å². The minimum atomic E-state index is -0.159. The molecule has 1 fully saturated rings. The summed E-state index contributed by atoms with van der Waals surface area (Å²) in [6, 6.07) is 23.1. The third-order valence-electron chi connectivity index (χ3n) is 5.04. The zero-order chi connectivity index (χ0) is 21.7. The fourth-order valence-corrected chi connectivity index (χ4v) is 3.96. The van der Waals surface area contributed by atoms with E-state index in [1.165, 1.54) is 5.56 Å². The van der Waals surface area contributed by atoms with E-state index in [0.29, 0.717) is 23.1 Å². The van der Waals surface area contributed by atoms with Crippen molar-refractivity contribution < 1.29 is 4.79 Å². The third kappa shape index (κ3) is 4.80. The Bertz CT molecular complexity index is 987. The molecule has 156 valence electrons. The topological polar surface area (TPSA) is 23.6 Å². The van der Waals surface area contributed by atoms with Crippen LogP contribution in [0.1, 0.15) is 36.6 Å². The zero-order valence-electron chi connectivity index (χ0n) is 17.5. The first kappa shape index (κ1) is 22.2. The van der Waals surface area contributed by atoms with Gasteiger partial charge in [-0.25, -0.2) is 4.79 Å². The Morgan fingerprint density at radius 1 is 0.900 bits per heavy atom. The van der Waals surface area contributed by atoms with Crippen LogP contribution in [0.5, 0.6) is 0 Å². The average molecular weight is 441 g/mol. The van der Waals surface area contributed by atoms with Crippen molar-refractivity contribution >= 4 is 34.9 Å². The van der Waals surface area contributed by atoms with Crippen molar-refractivity contribution in [2.75, 3.05) is 11.4 Å². The molecule has 1 heterocycles. The molecule has 30 heavy (non-hydrogen) atoms. The second kappa shape index (κ2) is 10.0. The first-order valence-corrected chi connectivity index (χ1v) is 10.9. The number of aryl methyl sites for hydroxylation is 1. The molecule has 0 N–H and O–H groups in total. The Kier molecular flexibility index (Phi) is 7.41. The summed E-state index contributed by atoms with van der Waals surface area (Å²) in [5.74, 6) is 0. The molecule has 5 heteroatoms. The van der Waals surface area contributed by atoms with Gasteiger partial charge in [0.25, 0.3) is 0 Å². The minimum absolute atomic E-state index is 0.0344. The first-order chi connectivity index (χ1) is 14.5. The molecule has 0 aromatic heterocycles. The van der Waals surface area contributed by atoms with Gasteiger partial charge in [-0.1, -0.05) is 85.1 Å². The largest absolute Gasteiger partial charge is 0.325 e. The van der Waals surface area contributed by atoms with Crippen LogP contribution in [-0.2, 0) is 6.54 Å². The van der Waals surface area contributed by atoms with E-state index >= 15 is 0 Å². The third-order valence-corrected chi connectivity index (χ3v) is 5.64. The van der Waals surface area contributed by atoms with E-state index in [1.807, 2.05) is 60.0 Å². The van der Waals surface area contributed by atoms with Crippen molar-refractivity contribution in [3.8, 4) is 0 Å². The highest BCUT2D eigenvalue weighted by atomic mass is 35.5. The van der Waals surface area contributed by atoms with Crippen LogP contribution in [0, 0.1) is 6.92 Å². The fraction of sp³-hybridized carbons (Fsp3) is 0.240. The van der Waals surface area contributed by atoms with E-state index in [9.17, 15) is 4.79 Å². The number of hydrogen-bond acceptors (Lipinski definition) is 1. The molecule has 2 amide bonds. The summed E-state index contributed by atoms with van der Waals surface area (Å²) in [5.41, 5.74) is 4.06. The molecule has 1 atom stereocenters. The molecule has 0 bridgehead atoms. The van der Waals surface area contributed by atoms with Crippen LogP contribution >= 0.6 is 23.2 Å². The summed E-state index contributed by atoms with van der Waals surface area (Å²) < 4.78 is 0. The molecule has 0 saturated carbocycles. The SMILES string of the molecule is CC.Cc1ccc(CN2CC(c3ccccc3Cl)N(c3ccc(Cl)cc3)C2=O)cc1. The maximum absolute atomic E-state index is 13.3. The summed E-state index contributed by atoms with van der Waals surface area (Å²) in [6.45, 7) is 7.18. The van der Waals surface area contributed by atoms with Gasteiger partial charge in [-0.2, -0.15) is 0 Å². The summed E-state index contributed by atoms with van der Waals surface area (Å²) >= 11 is 12.5. The molecular formula is C25H26Cl2N2O. The van der Waals surface area contributed by atoms with E-state index in [2.05, 4.69) is 31.2 Å². The van der Waals surface area contributed by atoms with Gasteiger partial charge in [0.1, 0.15) is 0 Å². The van der Waals surface area contributed by atoms with Gasteiger partial charge in [-0.15, -0.1) is 0 Å². The zero-order valence-corrected chi connectivity index (χ0v) is 19.0. The molecule has 3 aromatic rings. The number of hydrogen-bond donors (Lipinski definition) is 0. The van der Waals surface area contributed by atoms with Crippen LogP contribution in [0.2, 0.25) is 10.0 Å². The monoisotopic (exact) mass is 440 g/mol. The predicted octanol–water partition coefficient (Wildman–Crippen LogP) is 7.51. The lowest BCUT2D eigenvalue weighted by Gasteiger charge is -2.24. The van der Waals surface area contributed by atoms with Crippen molar-refractivity contribution in [1.29, 1.82) is 0 Å². The van der Waals surface area contributed by atoms with E-state index in [1.54, 1.807) is 12.1 Å². The van der Waals surface area contributed by atoms with Crippen molar-refractivity contribution in [3.63, 3.8) is 0 Å². The number of urea groups is 1. The standard InChI is InChI=1S/C23H20Cl2N2O.C2H6/c1-16-6-8-17(9-7-16)14-26-15-22(20-4-2-3-5-21(20)25)27(23(26)28)19-12-10-18(24)11-13-19;1-2/h2-13,22H,14-15H2,1H3;1-2H3. The van der Waals surface area contributed by atoms with E-state index in [0.717, 1.165) is 16.8 Å². The Labute approximate surface area is 188 Å². The Hall–Kier alpha value is -2.49. The number of rotatable bonds is 4. The second-order valence-electron chi connectivity index (χ2n) is 7.03. The van der Waals surface area contributed by atoms with Crippen molar-refractivity contribution in [2.24, 2.45) is 0 Å². The molecule has 0 spiro atoms. The van der Waals surface area contributed by atoms with Gasteiger partial charge in [0.05, 0.1) is 6.04 Å². The summed E-state index contributed by atoms with van der Waals surface area (Å²) in [5, 5.41) is 1.30. The Balaban J connectivity index is 0.00000124. The highest BCUT2D eigenvalue weighted by molar-refractivity contribution is 6.31. The quantitative estimate of drug-likeness (QED) is 0.411. The normalized spacial score (nSPS) is 15.8. The van der Waals surface area contributed by atoms with Gasteiger partial charge < -0.3 is 4.90 Å². The number of carbonyl (C=O) groups is 1. The fourth-order valence-electron chi connectivity index (χ4n) is 3.58. The van der Waals surface area contributed by atoms with Crippen molar-refractivity contribution in [1.82, 2.24) is 4.90 Å². The Morgan fingerprint density at radius 3 is 2.17 bits per heavy atom. The molecule has 0 aliphatic carbocycles. The maximum Gasteiger partial charge on any atom is 0.325 e. The lowest BCUT2D eigenvalue weighted by Crippen LogP contribution is -2.32. The second-order valence-corrected chi connectivity index (χ2v) is 7.88. The number of carbonyl (C=O) groups excluding carboxylic acids is 1. The molecule has 1 unspecified atom stereocenters. The number of anilines is 1. The van der Waals surface area contributed by atoms with Gasteiger partial charge in [-0.3, -0.25) is 4.90 Å². The first-order valence-electron chi connectivity index (χ1n) is 10.2. The molecule has 1 aliphatic rings. The molecule has 0 radical (unpaired) electrons. The number of halogens is 2. The van der Waals surface area contributed by atoms with Gasteiger partial charge in [0, 0.05) is 28.8 Å². The molecule has 3 aromatic carbocycles. The van der Waals surface area contributed by atoms with Crippen LogP contribution < -0.4 is 4.90 Å². The number of amides is 2. The smallest absolute Gasteiger partial charge is 0.318 e. The molecule has 1 aliphatic heterocycles. The molecular weight excluding hydrogens is 415 g/mol. The number of nitrogens with zero attached hydrogens (tertiary/aromatic N) is 2. The minimum Gasteiger partial charge on any atom is -0.318 e. The molecule has 3 nitrogen and oxygen atoms in total. The van der Waals surface area contributed by atoms with Gasteiger partial charge in [-0.05, 0) is 48.4 Å². The van der Waals surface area contributed by atoms with Crippen LogP contribution in [-0.4, -0.2) is 17.5 Å². The van der Waals surface area contributed by atoms with Gasteiger partial charge in [0.2, 0.25) is 0 Å². The maximum atomic E-state index is 13.3. The predicted molar refractivity (Wildman–Crippen MR) is 126 cm³/mol. The van der Waals surface area contributed by atoms with Crippen molar-refractivity contribution in [2.45, 2.75) is 33.4 Å². The lowest BCUT2D eigenvalue weighted by molar-refractivity contribution is 0.218. The van der Waals surface area contributed by atoms with Gasteiger partial charge in [0.15, 0.2) is 0 Å². The van der Waals surface area contributed by atoms with Crippen LogP contribution in [0.25, 0.3) is 0 Å². The molecule has 1 saturated heterocycles. The summed E-state index contributed by atoms with van der Waals surface area (Å²) in [4.78, 5) is 17.0. The summed E-state index contributed by atoms with van der Waals surface area (Å²) in [7, 11) is 0. The van der Waals surface area contributed by atoms with Crippen LogP contribution in [0.4, 0.5) is 10.5 Å². The van der Waals surface area contributed by atoms with E-state index < -0.39 is 0 Å². The number of benzene rings is 3. The lowest BCUT2D eigenvalue weighted by atomic mass is 10.1. The highest BCUT2D eigenvalue weighted by Gasteiger charge is 2.39. The Morgan fingerprint density at radius 2 is 1.53 bits per heavy atom. The van der Waals surface area contributed by atoms with Crippen LogP contribution in [0.3, 0.4) is 0 Å². The van der Waals surface area contributed by atoms with Crippen molar-refractivity contribution in [3.05, 3.63) is 99.5 Å². The molecule has 4 rings (SSSR count). The summed E-state index contributed by atoms with van der Waals surface area (Å²) in [6.07, 6.45) is 0.